The number of anilines is 1. The van der Waals surface area contributed by atoms with Crippen LogP contribution in [0.2, 0.25) is 0 Å². The van der Waals surface area contributed by atoms with Crippen molar-refractivity contribution in [3.63, 3.8) is 0 Å². The SMILES string of the molecule is COC(=O)C(=O)Nc1ccc(O)c(-c2ccc(OC(F)(F)F)cc2)c1. The first kappa shape index (κ1) is 18.1. The van der Waals surface area contributed by atoms with E-state index in [1.807, 2.05) is 0 Å². The Balaban J connectivity index is 2.25. The van der Waals surface area contributed by atoms with Gasteiger partial charge in [-0.2, -0.15) is 0 Å². The number of esters is 1. The lowest BCUT2D eigenvalue weighted by atomic mass is 10.0. The second kappa shape index (κ2) is 7.12. The number of phenols is 1. The number of carbonyl (C=O) groups is 2. The number of hydrogen-bond donors (Lipinski definition) is 2. The highest BCUT2D eigenvalue weighted by atomic mass is 19.4. The highest BCUT2D eigenvalue weighted by Gasteiger charge is 2.31. The summed E-state index contributed by atoms with van der Waals surface area (Å²) < 4.78 is 44.5. The molecule has 0 atom stereocenters. The molecule has 0 aliphatic heterocycles. The van der Waals surface area contributed by atoms with Crippen LogP contribution in [0.3, 0.4) is 0 Å². The summed E-state index contributed by atoms with van der Waals surface area (Å²) in [4.78, 5) is 22.6. The third-order valence-corrected chi connectivity index (χ3v) is 3.02. The Bertz CT molecular complexity index is 787. The highest BCUT2D eigenvalue weighted by molar-refractivity contribution is 6.37. The fraction of sp³-hybridized carbons (Fsp3) is 0.125. The fourth-order valence-electron chi connectivity index (χ4n) is 1.96. The van der Waals surface area contributed by atoms with Crippen molar-refractivity contribution in [2.45, 2.75) is 6.36 Å². The van der Waals surface area contributed by atoms with E-state index in [0.717, 1.165) is 19.2 Å². The van der Waals surface area contributed by atoms with Crippen molar-refractivity contribution in [2.24, 2.45) is 0 Å². The number of benzene rings is 2. The minimum absolute atomic E-state index is 0.166. The minimum Gasteiger partial charge on any atom is -0.507 e. The molecule has 25 heavy (non-hydrogen) atoms. The molecule has 0 saturated carbocycles. The van der Waals surface area contributed by atoms with Crippen molar-refractivity contribution in [1.82, 2.24) is 0 Å². The molecule has 6 nitrogen and oxygen atoms in total. The second-order valence-electron chi connectivity index (χ2n) is 4.75. The number of phenolic OH excluding ortho intramolecular Hbond substituents is 1. The van der Waals surface area contributed by atoms with Crippen molar-refractivity contribution in [3.05, 3.63) is 42.5 Å². The summed E-state index contributed by atoms with van der Waals surface area (Å²) in [6, 6.07) is 8.76. The maximum absolute atomic E-state index is 12.2. The number of ether oxygens (including phenoxy) is 2. The molecule has 2 rings (SSSR count). The van der Waals surface area contributed by atoms with Gasteiger partial charge in [-0.3, -0.25) is 4.79 Å². The molecule has 9 heteroatoms. The number of alkyl halides is 3. The zero-order valence-electron chi connectivity index (χ0n) is 12.8. The highest BCUT2D eigenvalue weighted by Crippen LogP contribution is 2.33. The molecular formula is C16H12F3NO5. The van der Waals surface area contributed by atoms with Gasteiger partial charge in [0.25, 0.3) is 0 Å². The van der Waals surface area contributed by atoms with Gasteiger partial charge in [-0.1, -0.05) is 12.1 Å². The molecule has 2 aromatic carbocycles. The molecule has 2 aromatic rings. The monoisotopic (exact) mass is 355 g/mol. The van der Waals surface area contributed by atoms with Crippen LogP contribution in [0.5, 0.6) is 11.5 Å². The van der Waals surface area contributed by atoms with Gasteiger partial charge >= 0.3 is 18.2 Å². The van der Waals surface area contributed by atoms with Gasteiger partial charge in [-0.25, -0.2) is 4.79 Å². The van der Waals surface area contributed by atoms with Crippen molar-refractivity contribution < 1.29 is 37.3 Å². The first-order valence-electron chi connectivity index (χ1n) is 6.78. The van der Waals surface area contributed by atoms with Crippen LogP contribution in [0.15, 0.2) is 42.5 Å². The third kappa shape index (κ3) is 4.87. The van der Waals surface area contributed by atoms with Gasteiger partial charge in [0.1, 0.15) is 11.5 Å². The Hall–Kier alpha value is -3.23. The van der Waals surface area contributed by atoms with Gasteiger partial charge in [-0.05, 0) is 35.9 Å². The Morgan fingerprint density at radius 3 is 2.28 bits per heavy atom. The van der Waals surface area contributed by atoms with Crippen LogP contribution in [0, 0.1) is 0 Å². The first-order valence-corrected chi connectivity index (χ1v) is 6.78. The van der Waals surface area contributed by atoms with Crippen LogP contribution in [-0.4, -0.2) is 30.5 Å². The van der Waals surface area contributed by atoms with Crippen LogP contribution < -0.4 is 10.1 Å². The van der Waals surface area contributed by atoms with Crippen molar-refractivity contribution in [3.8, 4) is 22.6 Å². The summed E-state index contributed by atoms with van der Waals surface area (Å²) in [7, 11) is 1.05. The lowest BCUT2D eigenvalue weighted by Crippen LogP contribution is -2.23. The number of carbonyl (C=O) groups excluding carboxylic acids is 2. The maximum Gasteiger partial charge on any atom is 0.573 e. The molecule has 0 aromatic heterocycles. The van der Waals surface area contributed by atoms with Gasteiger partial charge < -0.3 is 19.9 Å². The summed E-state index contributed by atoms with van der Waals surface area (Å²) in [6.45, 7) is 0. The third-order valence-electron chi connectivity index (χ3n) is 3.02. The molecule has 1 amide bonds. The quantitative estimate of drug-likeness (QED) is 0.502. The van der Waals surface area contributed by atoms with Gasteiger partial charge in [0.05, 0.1) is 7.11 Å². The van der Waals surface area contributed by atoms with E-state index in [1.54, 1.807) is 0 Å². The molecule has 132 valence electrons. The predicted octanol–water partition coefficient (Wildman–Crippen LogP) is 3.07. The number of methoxy groups -OCH3 is 1. The number of nitrogens with one attached hydrogen (secondary N) is 1. The molecule has 0 heterocycles. The number of amides is 1. The van der Waals surface area contributed by atoms with Crippen molar-refractivity contribution in [1.29, 1.82) is 0 Å². The van der Waals surface area contributed by atoms with Crippen LogP contribution in [0.1, 0.15) is 0 Å². The molecule has 0 aliphatic rings. The maximum atomic E-state index is 12.2. The number of aromatic hydroxyl groups is 1. The average molecular weight is 355 g/mol. The number of rotatable bonds is 3. The second-order valence-corrected chi connectivity index (χ2v) is 4.75. The number of hydrogen-bond acceptors (Lipinski definition) is 5. The molecule has 0 radical (unpaired) electrons. The normalized spacial score (nSPS) is 10.9. The molecule has 0 unspecified atom stereocenters. The van der Waals surface area contributed by atoms with E-state index in [1.165, 1.54) is 30.3 Å². The molecule has 0 bridgehead atoms. The van der Waals surface area contributed by atoms with E-state index in [4.69, 9.17) is 0 Å². The van der Waals surface area contributed by atoms with Crippen LogP contribution in [0.4, 0.5) is 18.9 Å². The van der Waals surface area contributed by atoms with E-state index in [-0.39, 0.29) is 17.0 Å². The number of halogens is 3. The van der Waals surface area contributed by atoms with E-state index in [2.05, 4.69) is 14.8 Å². The zero-order valence-corrected chi connectivity index (χ0v) is 12.8. The summed E-state index contributed by atoms with van der Waals surface area (Å²) in [6.07, 6.45) is -4.80. The molecule has 0 fully saturated rings. The Labute approximate surface area is 139 Å². The van der Waals surface area contributed by atoms with Gasteiger partial charge in [-0.15, -0.1) is 13.2 Å². The molecular weight excluding hydrogens is 343 g/mol. The average Bonchev–Trinajstić information content (AvgIpc) is 2.55. The van der Waals surface area contributed by atoms with Crippen molar-refractivity contribution in [2.75, 3.05) is 12.4 Å². The molecule has 0 saturated heterocycles. The smallest absolute Gasteiger partial charge is 0.507 e. The Morgan fingerprint density at radius 1 is 1.08 bits per heavy atom. The fourth-order valence-corrected chi connectivity index (χ4v) is 1.96. The van der Waals surface area contributed by atoms with Crippen LogP contribution in [0.25, 0.3) is 11.1 Å². The van der Waals surface area contributed by atoms with E-state index in [0.29, 0.717) is 5.56 Å². The standard InChI is InChI=1S/C16H12F3NO5/c1-24-15(23)14(22)20-10-4-7-13(21)12(8-10)9-2-5-11(6-3-9)25-16(17,18)19/h2-8,21H,1H3,(H,20,22). The van der Waals surface area contributed by atoms with Gasteiger partial charge in [0.2, 0.25) is 0 Å². The molecule has 0 aliphatic carbocycles. The lowest BCUT2D eigenvalue weighted by Gasteiger charge is -2.11. The minimum atomic E-state index is -4.80. The Kier molecular flexibility index (Phi) is 5.16. The van der Waals surface area contributed by atoms with E-state index >= 15 is 0 Å². The Morgan fingerprint density at radius 2 is 1.72 bits per heavy atom. The van der Waals surface area contributed by atoms with Gasteiger partial charge in [0.15, 0.2) is 0 Å². The summed E-state index contributed by atoms with van der Waals surface area (Å²) >= 11 is 0. The largest absolute Gasteiger partial charge is 0.573 e. The van der Waals surface area contributed by atoms with Crippen LogP contribution in [-0.2, 0) is 14.3 Å². The summed E-state index contributed by atoms with van der Waals surface area (Å²) in [5.74, 6) is -2.68. The van der Waals surface area contributed by atoms with Gasteiger partial charge in [0, 0.05) is 11.3 Å². The van der Waals surface area contributed by atoms with Crippen molar-refractivity contribution >= 4 is 17.6 Å². The molecule has 2 N–H and O–H groups in total. The predicted molar refractivity (Wildman–Crippen MR) is 80.9 cm³/mol. The first-order chi connectivity index (χ1) is 11.7. The topological polar surface area (TPSA) is 84.9 Å². The lowest BCUT2D eigenvalue weighted by molar-refractivity contribution is -0.274. The van der Waals surface area contributed by atoms with E-state index in [9.17, 15) is 27.9 Å². The summed E-state index contributed by atoms with van der Waals surface area (Å²) in [5.41, 5.74) is 0.807. The zero-order chi connectivity index (χ0) is 18.6. The van der Waals surface area contributed by atoms with Crippen LogP contribution >= 0.6 is 0 Å². The molecule has 0 spiro atoms. The summed E-state index contributed by atoms with van der Waals surface area (Å²) in [5, 5.41) is 12.2. The van der Waals surface area contributed by atoms with E-state index < -0.39 is 24.0 Å².